The second kappa shape index (κ2) is 48.3. The van der Waals surface area contributed by atoms with Crippen LogP contribution in [0.5, 0.6) is 0 Å². The monoisotopic (exact) mass is 1020 g/mol. The Labute approximate surface area is 440 Å². The summed E-state index contributed by atoms with van der Waals surface area (Å²) in [5.74, 6) is -3.33. The standard InChI is InChI=1S/C61H96O12/c1-4-7-10-13-16-19-22-24-26-27-29-31-34-37-40-43-46-49-55(64)72-59-57(66)56(65)58(60(67)68)73-61(59)70-51-52(71-54(63)48-45-42-39-36-32-21-18-15-12-9-6-3)50-69-53(62)47-44-41-38-35-33-30-28-25-23-20-17-14-11-8-5-2/h7-8,10-11,15-20,24-26,28,33,35,41,44,52,56-59,61,65-66H,4-6,9,12-14,21-23,27,29-32,34,36-40,42-43,45-51H2,1-3H3,(H,67,68)/b10-7-,11-8-,18-15-,19-16-,20-17-,26-24-,28-25-,35-33-,44-41-. The molecule has 12 nitrogen and oxygen atoms in total. The minimum absolute atomic E-state index is 0.0219. The molecule has 3 N–H and O–H groups in total. The second-order valence-electron chi connectivity index (χ2n) is 18.5. The summed E-state index contributed by atoms with van der Waals surface area (Å²) < 4.78 is 28.2. The van der Waals surface area contributed by atoms with E-state index in [0.717, 1.165) is 128 Å². The highest BCUT2D eigenvalue weighted by molar-refractivity contribution is 5.74. The molecule has 0 bridgehead atoms. The van der Waals surface area contributed by atoms with Crippen molar-refractivity contribution in [2.45, 2.75) is 237 Å². The summed E-state index contributed by atoms with van der Waals surface area (Å²) in [6, 6.07) is 0. The number of carboxylic acids is 1. The van der Waals surface area contributed by atoms with Crippen molar-refractivity contribution in [3.8, 4) is 0 Å². The number of aliphatic carboxylic acids is 1. The number of carboxylic acid groups (broad SMARTS) is 1. The first-order valence-corrected chi connectivity index (χ1v) is 27.9. The highest BCUT2D eigenvalue weighted by Gasteiger charge is 2.50. The van der Waals surface area contributed by atoms with Gasteiger partial charge in [0.05, 0.1) is 13.0 Å². The van der Waals surface area contributed by atoms with E-state index < -0.39 is 67.3 Å². The third kappa shape index (κ3) is 38.6. The number of carbonyl (C=O) groups excluding carboxylic acids is 3. The average molecular weight is 1020 g/mol. The van der Waals surface area contributed by atoms with Crippen LogP contribution in [0.1, 0.15) is 201 Å². The topological polar surface area (TPSA) is 175 Å². The van der Waals surface area contributed by atoms with E-state index in [1.807, 2.05) is 12.2 Å². The summed E-state index contributed by atoms with van der Waals surface area (Å²) in [7, 11) is 0. The number of ether oxygens (including phenoxy) is 5. The Kier molecular flexibility index (Phi) is 44.0. The summed E-state index contributed by atoms with van der Waals surface area (Å²) >= 11 is 0. The van der Waals surface area contributed by atoms with Gasteiger partial charge in [0.25, 0.3) is 0 Å². The Hall–Kier alpha value is -4.62. The molecule has 0 spiro atoms. The smallest absolute Gasteiger partial charge is 0.335 e. The summed E-state index contributed by atoms with van der Waals surface area (Å²) in [4.78, 5) is 50.9. The van der Waals surface area contributed by atoms with Crippen LogP contribution in [0.4, 0.5) is 0 Å². The molecule has 1 fully saturated rings. The minimum Gasteiger partial charge on any atom is -0.479 e. The fraction of sp³-hybridized carbons (Fsp3) is 0.639. The number of aliphatic hydroxyl groups is 2. The first-order chi connectivity index (χ1) is 35.6. The zero-order valence-corrected chi connectivity index (χ0v) is 45.1. The van der Waals surface area contributed by atoms with Crippen molar-refractivity contribution >= 4 is 23.9 Å². The average Bonchev–Trinajstić information content (AvgIpc) is 3.37. The van der Waals surface area contributed by atoms with Crippen molar-refractivity contribution in [3.63, 3.8) is 0 Å². The Morgan fingerprint density at radius 3 is 1.40 bits per heavy atom. The molecule has 1 aliphatic heterocycles. The molecule has 412 valence electrons. The normalized spacial score (nSPS) is 19.2. The molecular formula is C61H96O12. The lowest BCUT2D eigenvalue weighted by atomic mass is 9.98. The van der Waals surface area contributed by atoms with Crippen LogP contribution in [-0.2, 0) is 42.9 Å². The molecule has 0 radical (unpaired) electrons. The Bertz CT molecular complexity index is 1690. The van der Waals surface area contributed by atoms with Crippen LogP contribution in [-0.4, -0.2) is 89.2 Å². The molecule has 1 saturated heterocycles. The minimum atomic E-state index is -1.92. The van der Waals surface area contributed by atoms with Crippen molar-refractivity contribution in [3.05, 3.63) is 109 Å². The predicted molar refractivity (Wildman–Crippen MR) is 294 cm³/mol. The molecule has 6 atom stereocenters. The molecule has 0 saturated carbocycles. The number of carbonyl (C=O) groups is 4. The first-order valence-electron chi connectivity index (χ1n) is 27.9. The van der Waals surface area contributed by atoms with E-state index >= 15 is 0 Å². The third-order valence-electron chi connectivity index (χ3n) is 11.8. The molecule has 1 rings (SSSR count). The van der Waals surface area contributed by atoms with Gasteiger partial charge in [-0.3, -0.25) is 14.4 Å². The highest BCUT2D eigenvalue weighted by atomic mass is 16.7. The van der Waals surface area contributed by atoms with Gasteiger partial charge in [-0.1, -0.05) is 194 Å². The van der Waals surface area contributed by atoms with Crippen molar-refractivity contribution in [1.29, 1.82) is 0 Å². The Morgan fingerprint density at radius 2 is 0.904 bits per heavy atom. The number of rotatable bonds is 45. The van der Waals surface area contributed by atoms with Crippen LogP contribution >= 0.6 is 0 Å². The first kappa shape index (κ1) is 66.4. The lowest BCUT2D eigenvalue weighted by Gasteiger charge is -2.40. The molecule has 0 aromatic rings. The van der Waals surface area contributed by atoms with Crippen LogP contribution in [0.25, 0.3) is 0 Å². The van der Waals surface area contributed by atoms with Crippen LogP contribution in [0.3, 0.4) is 0 Å². The van der Waals surface area contributed by atoms with E-state index in [9.17, 15) is 34.5 Å². The maximum Gasteiger partial charge on any atom is 0.335 e. The molecule has 0 aliphatic carbocycles. The van der Waals surface area contributed by atoms with Gasteiger partial charge in [0, 0.05) is 12.8 Å². The number of allylic oxidation sites excluding steroid dienone is 17. The largest absolute Gasteiger partial charge is 0.479 e. The third-order valence-corrected chi connectivity index (χ3v) is 11.8. The lowest BCUT2D eigenvalue weighted by molar-refractivity contribution is -0.301. The van der Waals surface area contributed by atoms with Gasteiger partial charge in [0.15, 0.2) is 24.6 Å². The molecule has 6 unspecified atom stereocenters. The number of hydrogen-bond acceptors (Lipinski definition) is 11. The van der Waals surface area contributed by atoms with E-state index in [1.165, 1.54) is 12.8 Å². The van der Waals surface area contributed by atoms with Gasteiger partial charge in [-0.05, 0) is 96.3 Å². The van der Waals surface area contributed by atoms with Crippen molar-refractivity contribution in [2.75, 3.05) is 13.2 Å². The van der Waals surface area contributed by atoms with Gasteiger partial charge < -0.3 is 39.0 Å². The van der Waals surface area contributed by atoms with Crippen LogP contribution in [0.15, 0.2) is 109 Å². The molecule has 12 heteroatoms. The second-order valence-corrected chi connectivity index (χ2v) is 18.5. The van der Waals surface area contributed by atoms with E-state index in [-0.39, 0.29) is 25.9 Å². The molecule has 0 aromatic carbocycles. The SMILES string of the molecule is CC/C=C\C/C=C\C/C=C\C/C=C\C/C=C\CC(=O)OCC(COC1OC(C(=O)O)C(O)C(O)C1OC(=O)CCCCCCCCC/C=C\C/C=C\C/C=C\CC)OC(=O)CCCCCCC/C=C\CCCC. The highest BCUT2D eigenvalue weighted by Crippen LogP contribution is 2.26. The number of aliphatic hydroxyl groups excluding tert-OH is 2. The van der Waals surface area contributed by atoms with Crippen LogP contribution in [0.2, 0.25) is 0 Å². The number of hydrogen-bond donors (Lipinski definition) is 3. The fourth-order valence-corrected chi connectivity index (χ4v) is 7.61. The van der Waals surface area contributed by atoms with Gasteiger partial charge in [0.2, 0.25) is 0 Å². The van der Waals surface area contributed by atoms with Crippen molar-refractivity contribution in [2.24, 2.45) is 0 Å². The van der Waals surface area contributed by atoms with Gasteiger partial charge in [0.1, 0.15) is 18.8 Å². The van der Waals surface area contributed by atoms with Crippen LogP contribution < -0.4 is 0 Å². The number of esters is 3. The molecule has 0 amide bonds. The van der Waals surface area contributed by atoms with Crippen molar-refractivity contribution in [1.82, 2.24) is 0 Å². The van der Waals surface area contributed by atoms with Gasteiger partial charge >= 0.3 is 23.9 Å². The zero-order valence-electron chi connectivity index (χ0n) is 45.1. The maximum atomic E-state index is 13.1. The number of unbranched alkanes of at least 4 members (excludes halogenated alkanes) is 14. The summed E-state index contributed by atoms with van der Waals surface area (Å²) in [5, 5.41) is 31.4. The Morgan fingerprint density at radius 1 is 0.479 bits per heavy atom. The van der Waals surface area contributed by atoms with Crippen LogP contribution in [0, 0.1) is 0 Å². The summed E-state index contributed by atoms with van der Waals surface area (Å²) in [6.07, 6.45) is 52.4. The quantitative estimate of drug-likeness (QED) is 0.0228. The molecule has 0 aromatic heterocycles. The zero-order chi connectivity index (χ0) is 53.3. The van der Waals surface area contributed by atoms with E-state index in [0.29, 0.717) is 19.3 Å². The van der Waals surface area contributed by atoms with Gasteiger partial charge in [-0.25, -0.2) is 4.79 Å². The fourth-order valence-electron chi connectivity index (χ4n) is 7.61. The van der Waals surface area contributed by atoms with E-state index in [2.05, 4.69) is 112 Å². The van der Waals surface area contributed by atoms with Crippen molar-refractivity contribution < 1.29 is 58.2 Å². The molecule has 73 heavy (non-hydrogen) atoms. The summed E-state index contributed by atoms with van der Waals surface area (Å²) in [6.45, 7) is 5.60. The molecular weight excluding hydrogens is 925 g/mol. The van der Waals surface area contributed by atoms with E-state index in [1.54, 1.807) is 6.08 Å². The predicted octanol–water partition coefficient (Wildman–Crippen LogP) is 13.9. The molecule has 1 aliphatic rings. The van der Waals surface area contributed by atoms with Gasteiger partial charge in [-0.15, -0.1) is 0 Å². The Balaban J connectivity index is 2.75. The van der Waals surface area contributed by atoms with E-state index in [4.69, 9.17) is 23.7 Å². The van der Waals surface area contributed by atoms with Gasteiger partial charge in [-0.2, -0.15) is 0 Å². The maximum absolute atomic E-state index is 13.1. The lowest BCUT2D eigenvalue weighted by Crippen LogP contribution is -2.61. The molecule has 1 heterocycles. The summed E-state index contributed by atoms with van der Waals surface area (Å²) in [5.41, 5.74) is 0.